The summed E-state index contributed by atoms with van der Waals surface area (Å²) in [4.78, 5) is 11.1. The molecule has 0 aliphatic heterocycles. The van der Waals surface area contributed by atoms with Crippen molar-refractivity contribution in [1.82, 2.24) is 5.32 Å². The van der Waals surface area contributed by atoms with Crippen molar-refractivity contribution in [2.45, 2.75) is 52.0 Å². The van der Waals surface area contributed by atoms with Gasteiger partial charge in [-0.15, -0.1) is 0 Å². The third-order valence-corrected chi connectivity index (χ3v) is 3.40. The first-order chi connectivity index (χ1) is 9.01. The topological polar surface area (TPSA) is 49.3 Å². The lowest BCUT2D eigenvalue weighted by Crippen LogP contribution is -2.41. The molecule has 0 aliphatic carbocycles. The van der Waals surface area contributed by atoms with Crippen LogP contribution in [0.15, 0.2) is 24.3 Å². The van der Waals surface area contributed by atoms with Gasteiger partial charge >= 0.3 is 5.97 Å². The molecule has 0 aliphatic rings. The number of carboxylic acid groups (broad SMARTS) is 1. The quantitative estimate of drug-likeness (QED) is 0.756. The molecule has 1 aromatic rings. The SMILES string of the molecule is CCCNC(C)(CC(=O)O)c1ccc(CCC)cc1. The van der Waals surface area contributed by atoms with Gasteiger partial charge < -0.3 is 10.4 Å². The molecule has 3 heteroatoms. The fourth-order valence-electron chi connectivity index (χ4n) is 2.30. The maximum Gasteiger partial charge on any atom is 0.305 e. The number of aliphatic carboxylic acids is 1. The van der Waals surface area contributed by atoms with Crippen LogP contribution in [0, 0.1) is 0 Å². The second-order valence-corrected chi connectivity index (χ2v) is 5.28. The molecule has 0 saturated heterocycles. The first-order valence-electron chi connectivity index (χ1n) is 7.08. The number of hydrogen-bond donors (Lipinski definition) is 2. The molecule has 0 saturated carbocycles. The van der Waals surface area contributed by atoms with E-state index in [1.54, 1.807) is 0 Å². The van der Waals surface area contributed by atoms with Gasteiger partial charge in [-0.3, -0.25) is 4.79 Å². The van der Waals surface area contributed by atoms with E-state index in [1.165, 1.54) is 5.56 Å². The second kappa shape index (κ2) is 7.29. The summed E-state index contributed by atoms with van der Waals surface area (Å²) in [6.07, 6.45) is 3.28. The summed E-state index contributed by atoms with van der Waals surface area (Å²) < 4.78 is 0. The van der Waals surface area contributed by atoms with Gasteiger partial charge in [-0.05, 0) is 37.4 Å². The van der Waals surface area contributed by atoms with Gasteiger partial charge in [-0.1, -0.05) is 44.5 Å². The highest BCUT2D eigenvalue weighted by molar-refractivity contribution is 5.68. The Morgan fingerprint density at radius 1 is 1.21 bits per heavy atom. The maximum atomic E-state index is 11.1. The maximum absolute atomic E-state index is 11.1. The Bertz CT molecular complexity index is 400. The molecule has 0 spiro atoms. The average Bonchev–Trinajstić information content (AvgIpc) is 2.37. The Balaban J connectivity index is 2.92. The summed E-state index contributed by atoms with van der Waals surface area (Å²) in [5.74, 6) is -0.774. The highest BCUT2D eigenvalue weighted by Crippen LogP contribution is 2.25. The molecule has 1 unspecified atom stereocenters. The third kappa shape index (κ3) is 4.67. The standard InChI is InChI=1S/C16H25NO2/c1-4-6-13-7-9-14(10-8-13)16(3,12-15(18)19)17-11-5-2/h7-10,17H,4-6,11-12H2,1-3H3,(H,18,19). The normalized spacial score (nSPS) is 14.1. The molecule has 1 rings (SSSR count). The Labute approximate surface area is 116 Å². The monoisotopic (exact) mass is 263 g/mol. The first-order valence-corrected chi connectivity index (χ1v) is 7.08. The smallest absolute Gasteiger partial charge is 0.305 e. The molecule has 1 atom stereocenters. The van der Waals surface area contributed by atoms with Gasteiger partial charge in [0.25, 0.3) is 0 Å². The van der Waals surface area contributed by atoms with E-state index in [1.807, 2.05) is 6.92 Å². The largest absolute Gasteiger partial charge is 0.481 e. The molecule has 0 amide bonds. The van der Waals surface area contributed by atoms with Gasteiger partial charge in [0.2, 0.25) is 0 Å². The zero-order valence-electron chi connectivity index (χ0n) is 12.2. The van der Waals surface area contributed by atoms with E-state index < -0.39 is 11.5 Å². The zero-order chi connectivity index (χ0) is 14.3. The zero-order valence-corrected chi connectivity index (χ0v) is 12.2. The fourth-order valence-corrected chi connectivity index (χ4v) is 2.30. The minimum atomic E-state index is -0.774. The number of carbonyl (C=O) groups is 1. The first kappa shape index (κ1) is 15.7. The van der Waals surface area contributed by atoms with Crippen LogP contribution in [0.5, 0.6) is 0 Å². The third-order valence-electron chi connectivity index (χ3n) is 3.40. The molecule has 0 radical (unpaired) electrons. The van der Waals surface area contributed by atoms with Gasteiger partial charge in [0, 0.05) is 0 Å². The van der Waals surface area contributed by atoms with E-state index in [9.17, 15) is 4.79 Å². The molecule has 2 N–H and O–H groups in total. The molecule has 0 fully saturated rings. The van der Waals surface area contributed by atoms with E-state index >= 15 is 0 Å². The average molecular weight is 263 g/mol. The van der Waals surface area contributed by atoms with E-state index in [-0.39, 0.29) is 6.42 Å². The molecular formula is C16H25NO2. The predicted molar refractivity (Wildman–Crippen MR) is 78.3 cm³/mol. The lowest BCUT2D eigenvalue weighted by atomic mass is 9.87. The number of rotatable bonds is 8. The summed E-state index contributed by atoms with van der Waals surface area (Å²) in [5, 5.41) is 12.5. The van der Waals surface area contributed by atoms with Crippen molar-refractivity contribution in [2.75, 3.05) is 6.54 Å². The Morgan fingerprint density at radius 3 is 2.32 bits per heavy atom. The Morgan fingerprint density at radius 2 is 1.84 bits per heavy atom. The van der Waals surface area contributed by atoms with Crippen molar-refractivity contribution in [3.05, 3.63) is 35.4 Å². The summed E-state index contributed by atoms with van der Waals surface area (Å²) >= 11 is 0. The number of benzene rings is 1. The fraction of sp³-hybridized carbons (Fsp3) is 0.562. The molecule has 0 heterocycles. The van der Waals surface area contributed by atoms with Crippen LogP contribution < -0.4 is 5.32 Å². The van der Waals surface area contributed by atoms with Gasteiger partial charge in [-0.25, -0.2) is 0 Å². The van der Waals surface area contributed by atoms with Crippen LogP contribution in [-0.4, -0.2) is 17.6 Å². The van der Waals surface area contributed by atoms with E-state index in [0.29, 0.717) is 0 Å². The Kier molecular flexibility index (Phi) is 6.03. The summed E-state index contributed by atoms with van der Waals surface area (Å²) in [6, 6.07) is 8.31. The lowest BCUT2D eigenvalue weighted by molar-refractivity contribution is -0.138. The molecular weight excluding hydrogens is 238 g/mol. The van der Waals surface area contributed by atoms with Crippen LogP contribution in [0.2, 0.25) is 0 Å². The van der Waals surface area contributed by atoms with Crippen molar-refractivity contribution >= 4 is 5.97 Å². The van der Waals surface area contributed by atoms with Crippen molar-refractivity contribution in [1.29, 1.82) is 0 Å². The van der Waals surface area contributed by atoms with E-state index in [4.69, 9.17) is 5.11 Å². The van der Waals surface area contributed by atoms with Gasteiger partial charge in [0.1, 0.15) is 0 Å². The minimum absolute atomic E-state index is 0.0973. The molecule has 1 aromatic carbocycles. The summed E-state index contributed by atoms with van der Waals surface area (Å²) in [7, 11) is 0. The molecule has 0 bridgehead atoms. The predicted octanol–water partition coefficient (Wildman–Crippen LogP) is 3.33. The van der Waals surface area contributed by atoms with Crippen LogP contribution in [0.25, 0.3) is 0 Å². The van der Waals surface area contributed by atoms with Crippen LogP contribution >= 0.6 is 0 Å². The second-order valence-electron chi connectivity index (χ2n) is 5.28. The van der Waals surface area contributed by atoms with Gasteiger partial charge in [0.05, 0.1) is 12.0 Å². The van der Waals surface area contributed by atoms with Crippen molar-refractivity contribution < 1.29 is 9.90 Å². The van der Waals surface area contributed by atoms with Crippen molar-refractivity contribution in [2.24, 2.45) is 0 Å². The van der Waals surface area contributed by atoms with Crippen molar-refractivity contribution in [3.8, 4) is 0 Å². The van der Waals surface area contributed by atoms with E-state index in [2.05, 4.69) is 43.4 Å². The minimum Gasteiger partial charge on any atom is -0.481 e. The number of nitrogens with one attached hydrogen (secondary N) is 1. The van der Waals surface area contributed by atoms with Crippen LogP contribution in [-0.2, 0) is 16.8 Å². The number of hydrogen-bond acceptors (Lipinski definition) is 2. The highest BCUT2D eigenvalue weighted by atomic mass is 16.4. The number of aryl methyl sites for hydroxylation is 1. The Hall–Kier alpha value is -1.35. The van der Waals surface area contributed by atoms with Crippen LogP contribution in [0.1, 0.15) is 51.2 Å². The van der Waals surface area contributed by atoms with E-state index in [0.717, 1.165) is 31.4 Å². The van der Waals surface area contributed by atoms with Crippen LogP contribution in [0.4, 0.5) is 0 Å². The highest BCUT2D eigenvalue weighted by Gasteiger charge is 2.28. The molecule has 0 aromatic heterocycles. The summed E-state index contributed by atoms with van der Waals surface area (Å²) in [5.41, 5.74) is 1.86. The summed E-state index contributed by atoms with van der Waals surface area (Å²) in [6.45, 7) is 7.02. The van der Waals surface area contributed by atoms with Gasteiger partial charge in [-0.2, -0.15) is 0 Å². The van der Waals surface area contributed by atoms with Crippen LogP contribution in [0.3, 0.4) is 0 Å². The van der Waals surface area contributed by atoms with Crippen molar-refractivity contribution in [3.63, 3.8) is 0 Å². The molecule has 106 valence electrons. The number of carboxylic acids is 1. The molecule has 3 nitrogen and oxygen atoms in total. The lowest BCUT2D eigenvalue weighted by Gasteiger charge is -2.30. The van der Waals surface area contributed by atoms with Gasteiger partial charge in [0.15, 0.2) is 0 Å². The molecule has 19 heavy (non-hydrogen) atoms.